The van der Waals surface area contributed by atoms with Crippen molar-refractivity contribution in [3.63, 3.8) is 0 Å². The largest absolute Gasteiger partial charge is 0.497 e. The number of benzene rings is 1. The van der Waals surface area contributed by atoms with E-state index in [1.54, 1.807) is 13.3 Å². The summed E-state index contributed by atoms with van der Waals surface area (Å²) in [5.74, 6) is 0.802. The van der Waals surface area contributed by atoms with Crippen molar-refractivity contribution in [1.29, 1.82) is 0 Å². The summed E-state index contributed by atoms with van der Waals surface area (Å²) in [5.41, 5.74) is 4.58. The number of rotatable bonds is 3. The summed E-state index contributed by atoms with van der Waals surface area (Å²) in [4.78, 5) is 8.32. The number of thiol groups is 1. The molecule has 0 aliphatic heterocycles. The van der Waals surface area contributed by atoms with Gasteiger partial charge in [0.1, 0.15) is 11.4 Å². The lowest BCUT2D eigenvalue weighted by Crippen LogP contribution is -1.90. The standard InChI is InChI=1S/C15H14N4OS/c1-9-5-10(7-11(6-9)20-2)14-12(8-17-19-14)13-3-4-16-15(21)18-13/h3-8H,1-2H3,(H,17,19)(H,16,18,21). The molecule has 3 rings (SSSR count). The molecule has 0 fully saturated rings. The van der Waals surface area contributed by atoms with E-state index in [-0.39, 0.29) is 0 Å². The van der Waals surface area contributed by atoms with E-state index >= 15 is 0 Å². The highest BCUT2D eigenvalue weighted by Gasteiger charge is 2.13. The Labute approximate surface area is 127 Å². The Kier molecular flexibility index (Phi) is 3.62. The average molecular weight is 298 g/mol. The minimum absolute atomic E-state index is 0.432. The Hall–Kier alpha value is -2.34. The normalized spacial score (nSPS) is 10.6. The fourth-order valence-electron chi connectivity index (χ4n) is 2.21. The lowest BCUT2D eigenvalue weighted by molar-refractivity contribution is 0.414. The van der Waals surface area contributed by atoms with Gasteiger partial charge in [0.05, 0.1) is 12.8 Å². The Balaban J connectivity index is 2.13. The van der Waals surface area contributed by atoms with Crippen molar-refractivity contribution in [3.8, 4) is 28.3 Å². The molecule has 1 N–H and O–H groups in total. The zero-order valence-corrected chi connectivity index (χ0v) is 12.6. The van der Waals surface area contributed by atoms with Gasteiger partial charge >= 0.3 is 0 Å². The van der Waals surface area contributed by atoms with Crippen LogP contribution in [0.25, 0.3) is 22.5 Å². The first-order valence-electron chi connectivity index (χ1n) is 6.39. The number of hydrogen-bond acceptors (Lipinski definition) is 5. The van der Waals surface area contributed by atoms with Gasteiger partial charge in [0.2, 0.25) is 0 Å². The summed E-state index contributed by atoms with van der Waals surface area (Å²) in [6.07, 6.45) is 3.50. The van der Waals surface area contributed by atoms with Crippen LogP contribution in [0.1, 0.15) is 5.56 Å². The minimum atomic E-state index is 0.432. The number of ether oxygens (including phenoxy) is 1. The number of H-pyrrole nitrogens is 1. The molecule has 6 heteroatoms. The molecule has 106 valence electrons. The monoisotopic (exact) mass is 298 g/mol. The van der Waals surface area contributed by atoms with Crippen LogP contribution in [0.2, 0.25) is 0 Å². The van der Waals surface area contributed by atoms with Gasteiger partial charge in [-0.3, -0.25) is 5.10 Å². The first-order chi connectivity index (χ1) is 10.2. The van der Waals surface area contributed by atoms with Crippen LogP contribution in [0.15, 0.2) is 41.8 Å². The number of aromatic nitrogens is 4. The molecule has 0 unspecified atom stereocenters. The second kappa shape index (κ2) is 5.57. The average Bonchev–Trinajstić information content (AvgIpc) is 2.96. The maximum absolute atomic E-state index is 5.32. The van der Waals surface area contributed by atoms with Crippen LogP contribution in [-0.4, -0.2) is 27.3 Å². The van der Waals surface area contributed by atoms with Crippen LogP contribution in [0.4, 0.5) is 0 Å². The third-order valence-corrected chi connectivity index (χ3v) is 3.33. The molecule has 2 aromatic heterocycles. The third-order valence-electron chi connectivity index (χ3n) is 3.12. The van der Waals surface area contributed by atoms with Gasteiger partial charge < -0.3 is 4.74 Å². The summed E-state index contributed by atoms with van der Waals surface area (Å²) < 4.78 is 5.32. The Morgan fingerprint density at radius 1 is 1.24 bits per heavy atom. The Bertz CT molecular complexity index is 785. The summed E-state index contributed by atoms with van der Waals surface area (Å²) in [7, 11) is 1.65. The highest BCUT2D eigenvalue weighted by atomic mass is 32.1. The van der Waals surface area contributed by atoms with Gasteiger partial charge in [-0.15, -0.1) is 12.6 Å². The fraction of sp³-hybridized carbons (Fsp3) is 0.133. The molecule has 0 bridgehead atoms. The Morgan fingerprint density at radius 3 is 2.86 bits per heavy atom. The summed E-state index contributed by atoms with van der Waals surface area (Å²) in [6, 6.07) is 7.83. The number of methoxy groups -OCH3 is 1. The smallest absolute Gasteiger partial charge is 0.184 e. The highest BCUT2D eigenvalue weighted by molar-refractivity contribution is 7.80. The summed E-state index contributed by atoms with van der Waals surface area (Å²) in [6.45, 7) is 2.02. The van der Waals surface area contributed by atoms with Crippen LogP contribution in [-0.2, 0) is 0 Å². The van der Waals surface area contributed by atoms with E-state index in [0.717, 1.165) is 33.8 Å². The molecule has 0 atom stereocenters. The minimum Gasteiger partial charge on any atom is -0.497 e. The van der Waals surface area contributed by atoms with Gasteiger partial charge in [-0.1, -0.05) is 0 Å². The molecule has 1 aromatic carbocycles. The first kappa shape index (κ1) is 13.6. The molecule has 5 nitrogen and oxygen atoms in total. The van der Waals surface area contributed by atoms with Crippen molar-refractivity contribution >= 4 is 12.6 Å². The van der Waals surface area contributed by atoms with Crippen LogP contribution in [0.3, 0.4) is 0 Å². The number of nitrogens with one attached hydrogen (secondary N) is 1. The summed E-state index contributed by atoms with van der Waals surface area (Å²) in [5, 5.41) is 7.67. The van der Waals surface area contributed by atoms with E-state index in [4.69, 9.17) is 4.74 Å². The van der Waals surface area contributed by atoms with Gasteiger partial charge in [0, 0.05) is 23.5 Å². The lowest BCUT2D eigenvalue weighted by Gasteiger charge is -2.07. The van der Waals surface area contributed by atoms with E-state index in [1.165, 1.54) is 0 Å². The predicted molar refractivity (Wildman–Crippen MR) is 83.6 cm³/mol. The molecule has 0 radical (unpaired) electrons. The fourth-order valence-corrected chi connectivity index (χ4v) is 2.38. The van der Waals surface area contributed by atoms with Crippen molar-refractivity contribution in [3.05, 3.63) is 42.2 Å². The van der Waals surface area contributed by atoms with E-state index in [0.29, 0.717) is 5.16 Å². The molecule has 0 saturated carbocycles. The first-order valence-corrected chi connectivity index (χ1v) is 6.84. The van der Waals surface area contributed by atoms with E-state index in [1.807, 2.05) is 31.3 Å². The summed E-state index contributed by atoms with van der Waals surface area (Å²) >= 11 is 4.18. The van der Waals surface area contributed by atoms with Gasteiger partial charge in [0.25, 0.3) is 0 Å². The number of aromatic amines is 1. The molecular weight excluding hydrogens is 284 g/mol. The molecule has 0 saturated heterocycles. The maximum Gasteiger partial charge on any atom is 0.184 e. The van der Waals surface area contributed by atoms with Gasteiger partial charge in [-0.25, -0.2) is 9.97 Å². The van der Waals surface area contributed by atoms with Crippen LogP contribution in [0, 0.1) is 6.92 Å². The zero-order chi connectivity index (χ0) is 14.8. The second-order valence-corrected chi connectivity index (χ2v) is 5.03. The molecule has 0 aliphatic rings. The van der Waals surface area contributed by atoms with Crippen molar-refractivity contribution in [2.45, 2.75) is 12.1 Å². The van der Waals surface area contributed by atoms with Crippen molar-refractivity contribution < 1.29 is 4.74 Å². The quantitative estimate of drug-likeness (QED) is 0.576. The van der Waals surface area contributed by atoms with Gasteiger partial charge in [-0.05, 0) is 36.8 Å². The van der Waals surface area contributed by atoms with E-state index < -0.39 is 0 Å². The molecular formula is C15H14N4OS. The number of hydrogen-bond donors (Lipinski definition) is 2. The molecule has 0 aliphatic carbocycles. The molecule has 2 heterocycles. The predicted octanol–water partition coefficient (Wildman–Crippen LogP) is 3.14. The molecule has 0 spiro atoms. The SMILES string of the molecule is COc1cc(C)cc(-c2n[nH]cc2-c2ccnc(S)n2)c1. The maximum atomic E-state index is 5.32. The van der Waals surface area contributed by atoms with Gasteiger partial charge in [-0.2, -0.15) is 5.10 Å². The van der Waals surface area contributed by atoms with Crippen LogP contribution < -0.4 is 4.74 Å². The zero-order valence-electron chi connectivity index (χ0n) is 11.7. The van der Waals surface area contributed by atoms with Crippen molar-refractivity contribution in [1.82, 2.24) is 20.2 Å². The number of aryl methyl sites for hydroxylation is 1. The van der Waals surface area contributed by atoms with Crippen LogP contribution >= 0.6 is 12.6 Å². The van der Waals surface area contributed by atoms with Crippen molar-refractivity contribution in [2.24, 2.45) is 0 Å². The molecule has 3 aromatic rings. The van der Waals surface area contributed by atoms with E-state index in [9.17, 15) is 0 Å². The second-order valence-electron chi connectivity index (χ2n) is 4.63. The molecule has 21 heavy (non-hydrogen) atoms. The highest BCUT2D eigenvalue weighted by Crippen LogP contribution is 2.31. The third kappa shape index (κ3) is 2.75. The Morgan fingerprint density at radius 2 is 2.10 bits per heavy atom. The van der Waals surface area contributed by atoms with Crippen LogP contribution in [0.5, 0.6) is 5.75 Å². The lowest BCUT2D eigenvalue weighted by atomic mass is 10.0. The van der Waals surface area contributed by atoms with Gasteiger partial charge in [0.15, 0.2) is 5.16 Å². The van der Waals surface area contributed by atoms with Crippen molar-refractivity contribution in [2.75, 3.05) is 7.11 Å². The number of nitrogens with zero attached hydrogens (tertiary/aromatic N) is 3. The molecule has 0 amide bonds. The van der Waals surface area contributed by atoms with E-state index in [2.05, 4.69) is 38.9 Å². The topological polar surface area (TPSA) is 63.7 Å².